The smallest absolute Gasteiger partial charge is 0.228 e. The Morgan fingerprint density at radius 2 is 1.58 bits per heavy atom. The Morgan fingerprint density at radius 3 is 2.32 bits per heavy atom. The first kappa shape index (κ1) is 19.6. The maximum Gasteiger partial charge on any atom is 0.228 e. The first-order chi connectivity index (χ1) is 15.0. The Bertz CT molecular complexity index is 1440. The van der Waals surface area contributed by atoms with Crippen LogP contribution in [0.1, 0.15) is 5.56 Å². The molecule has 0 aliphatic rings. The van der Waals surface area contributed by atoms with E-state index in [0.717, 1.165) is 28.4 Å². The molecule has 0 atom stereocenters. The van der Waals surface area contributed by atoms with E-state index in [-0.39, 0.29) is 20.9 Å². The summed E-state index contributed by atoms with van der Waals surface area (Å²) in [6, 6.07) is 23.5. The van der Waals surface area contributed by atoms with Crippen LogP contribution in [0.15, 0.2) is 103 Å². The molecule has 6 nitrogen and oxygen atoms in total. The third-order valence-electron chi connectivity index (χ3n) is 4.73. The zero-order valence-electron chi connectivity index (χ0n) is 16.4. The van der Waals surface area contributed by atoms with Crippen LogP contribution in [0.4, 0.5) is 0 Å². The zero-order chi connectivity index (χ0) is 21.4. The van der Waals surface area contributed by atoms with Crippen molar-refractivity contribution in [2.75, 3.05) is 0 Å². The van der Waals surface area contributed by atoms with Crippen LogP contribution in [0.3, 0.4) is 0 Å². The van der Waals surface area contributed by atoms with Gasteiger partial charge in [-0.15, -0.1) is 0 Å². The lowest BCUT2D eigenvalue weighted by atomic mass is 10.2. The highest BCUT2D eigenvalue weighted by Crippen LogP contribution is 2.38. The van der Waals surface area contributed by atoms with E-state index in [1.54, 1.807) is 24.3 Å². The van der Waals surface area contributed by atoms with Crippen molar-refractivity contribution in [2.24, 2.45) is 0 Å². The van der Waals surface area contributed by atoms with Crippen LogP contribution in [-0.2, 0) is 9.84 Å². The lowest BCUT2D eigenvalue weighted by Crippen LogP contribution is -2.04. The van der Waals surface area contributed by atoms with E-state index in [9.17, 15) is 8.42 Å². The van der Waals surface area contributed by atoms with Crippen LogP contribution >= 0.6 is 11.8 Å². The molecule has 0 saturated carbocycles. The number of aromatic nitrogens is 3. The van der Waals surface area contributed by atoms with Gasteiger partial charge in [-0.3, -0.25) is 0 Å². The summed E-state index contributed by atoms with van der Waals surface area (Å²) in [4.78, 5) is 12.3. The largest absolute Gasteiger partial charge is 0.428 e. The first-order valence-corrected chi connectivity index (χ1v) is 11.8. The minimum absolute atomic E-state index is 0.124. The molecule has 0 bridgehead atoms. The summed E-state index contributed by atoms with van der Waals surface area (Å²) in [5.74, 6) is 0.241. The molecule has 2 heterocycles. The van der Waals surface area contributed by atoms with Crippen molar-refractivity contribution in [1.82, 2.24) is 15.0 Å². The predicted octanol–water partition coefficient (Wildman–Crippen LogP) is 5.51. The van der Waals surface area contributed by atoms with Crippen LogP contribution in [0, 0.1) is 6.92 Å². The number of aromatic amines is 1. The Morgan fingerprint density at radius 1 is 0.871 bits per heavy atom. The molecule has 31 heavy (non-hydrogen) atoms. The Balaban J connectivity index is 1.63. The summed E-state index contributed by atoms with van der Waals surface area (Å²) in [5.41, 5.74) is 3.31. The van der Waals surface area contributed by atoms with E-state index in [1.807, 2.05) is 61.5 Å². The molecule has 3 aromatic carbocycles. The van der Waals surface area contributed by atoms with Crippen molar-refractivity contribution >= 4 is 32.6 Å². The van der Waals surface area contributed by atoms with E-state index < -0.39 is 9.84 Å². The highest BCUT2D eigenvalue weighted by Gasteiger charge is 2.29. The molecule has 0 unspecified atom stereocenters. The van der Waals surface area contributed by atoms with E-state index in [2.05, 4.69) is 15.0 Å². The fourth-order valence-electron chi connectivity index (χ4n) is 3.13. The summed E-state index contributed by atoms with van der Waals surface area (Å²) in [7, 11) is -3.89. The fourth-order valence-corrected chi connectivity index (χ4v) is 5.50. The van der Waals surface area contributed by atoms with Crippen LogP contribution in [-0.4, -0.2) is 23.4 Å². The Hall–Kier alpha value is -3.36. The summed E-state index contributed by atoms with van der Waals surface area (Å²) >= 11 is 1.11. The third-order valence-corrected chi connectivity index (χ3v) is 7.39. The molecular weight excluding hydrogens is 430 g/mol. The van der Waals surface area contributed by atoms with Crippen LogP contribution in [0.25, 0.3) is 22.5 Å². The molecule has 0 spiro atoms. The van der Waals surface area contributed by atoms with Crippen molar-refractivity contribution in [3.8, 4) is 11.5 Å². The van der Waals surface area contributed by atoms with Gasteiger partial charge in [-0.2, -0.15) is 4.98 Å². The number of para-hydroxylation sites is 2. The van der Waals surface area contributed by atoms with Crippen LogP contribution in [0.5, 0.6) is 0 Å². The van der Waals surface area contributed by atoms with Gasteiger partial charge in [-0.05, 0) is 55.1 Å². The average molecular weight is 448 g/mol. The SMILES string of the molecule is Cc1ccc(S(=O)(=O)c2nc(-c3ccccc3)oc2Sc2nc3ccccc3[nH]2)cc1. The number of hydrogen-bond donors (Lipinski definition) is 1. The van der Waals surface area contributed by atoms with Gasteiger partial charge in [0.1, 0.15) is 0 Å². The van der Waals surface area contributed by atoms with Gasteiger partial charge in [0.25, 0.3) is 0 Å². The lowest BCUT2D eigenvalue weighted by Gasteiger charge is -2.03. The fraction of sp³-hybridized carbons (Fsp3) is 0.0435. The minimum Gasteiger partial charge on any atom is -0.428 e. The molecule has 0 aliphatic carbocycles. The molecule has 0 radical (unpaired) electrons. The number of aryl methyl sites for hydroxylation is 1. The second-order valence-corrected chi connectivity index (χ2v) is 9.78. The van der Waals surface area contributed by atoms with Crippen molar-refractivity contribution in [2.45, 2.75) is 27.1 Å². The monoisotopic (exact) mass is 447 g/mol. The molecule has 1 N–H and O–H groups in total. The van der Waals surface area contributed by atoms with Gasteiger partial charge < -0.3 is 9.40 Å². The summed E-state index contributed by atoms with van der Waals surface area (Å²) < 4.78 is 32.8. The molecule has 154 valence electrons. The van der Waals surface area contributed by atoms with E-state index in [0.29, 0.717) is 10.7 Å². The molecule has 0 fully saturated rings. The van der Waals surface area contributed by atoms with Crippen molar-refractivity contribution in [1.29, 1.82) is 0 Å². The zero-order valence-corrected chi connectivity index (χ0v) is 18.1. The Kier molecular flexibility index (Phi) is 4.88. The van der Waals surface area contributed by atoms with Crippen molar-refractivity contribution in [3.05, 3.63) is 84.4 Å². The van der Waals surface area contributed by atoms with Gasteiger partial charge in [0.2, 0.25) is 25.8 Å². The van der Waals surface area contributed by atoms with E-state index in [1.165, 1.54) is 0 Å². The summed E-state index contributed by atoms with van der Waals surface area (Å²) in [5, 5.41) is 0.566. The van der Waals surface area contributed by atoms with Crippen LogP contribution in [0.2, 0.25) is 0 Å². The number of nitrogens with one attached hydrogen (secondary N) is 1. The lowest BCUT2D eigenvalue weighted by molar-refractivity contribution is 0.470. The molecule has 5 rings (SSSR count). The minimum atomic E-state index is -3.89. The number of hydrogen-bond acceptors (Lipinski definition) is 6. The average Bonchev–Trinajstić information content (AvgIpc) is 3.39. The second kappa shape index (κ2) is 7.72. The number of sulfone groups is 1. The molecule has 5 aromatic rings. The Labute approximate surface area is 183 Å². The maximum absolute atomic E-state index is 13.4. The van der Waals surface area contributed by atoms with Gasteiger partial charge in [-0.25, -0.2) is 13.4 Å². The van der Waals surface area contributed by atoms with Gasteiger partial charge in [0.15, 0.2) is 5.16 Å². The number of fused-ring (bicyclic) bond motifs is 1. The topological polar surface area (TPSA) is 88.8 Å². The molecule has 0 aliphatic heterocycles. The van der Waals surface area contributed by atoms with Gasteiger partial charge in [0, 0.05) is 5.56 Å². The van der Waals surface area contributed by atoms with Crippen molar-refractivity contribution in [3.63, 3.8) is 0 Å². The maximum atomic E-state index is 13.4. The number of benzene rings is 3. The van der Waals surface area contributed by atoms with Gasteiger partial charge in [-0.1, -0.05) is 48.0 Å². The molecule has 2 aromatic heterocycles. The van der Waals surface area contributed by atoms with E-state index >= 15 is 0 Å². The summed E-state index contributed by atoms with van der Waals surface area (Å²) in [6.07, 6.45) is 0. The highest BCUT2D eigenvalue weighted by atomic mass is 32.2. The number of oxazole rings is 1. The first-order valence-electron chi connectivity index (χ1n) is 9.51. The second-order valence-electron chi connectivity index (χ2n) is 6.96. The van der Waals surface area contributed by atoms with Gasteiger partial charge in [0.05, 0.1) is 15.9 Å². The van der Waals surface area contributed by atoms with Crippen molar-refractivity contribution < 1.29 is 12.8 Å². The molecule has 8 heteroatoms. The summed E-state index contributed by atoms with van der Waals surface area (Å²) in [6.45, 7) is 1.91. The number of nitrogens with zero attached hydrogens (tertiary/aromatic N) is 2. The standard InChI is InChI=1S/C23H17N3O3S2/c1-15-11-13-17(14-12-15)31(27,28)21-22(29-20(26-21)16-7-3-2-4-8-16)30-23-24-18-9-5-6-10-19(18)25-23/h2-14H,1H3,(H,24,25). The third kappa shape index (κ3) is 3.75. The number of imidazole rings is 1. The molecular formula is C23H17N3O3S2. The highest BCUT2D eigenvalue weighted by molar-refractivity contribution is 8.00. The molecule has 0 amide bonds. The number of rotatable bonds is 5. The normalized spacial score (nSPS) is 11.8. The number of H-pyrrole nitrogens is 1. The quantitative estimate of drug-likeness (QED) is 0.382. The van der Waals surface area contributed by atoms with Crippen LogP contribution < -0.4 is 0 Å². The van der Waals surface area contributed by atoms with Gasteiger partial charge >= 0.3 is 0 Å². The predicted molar refractivity (Wildman–Crippen MR) is 119 cm³/mol. The molecule has 0 saturated heterocycles. The van der Waals surface area contributed by atoms with E-state index in [4.69, 9.17) is 4.42 Å².